The Morgan fingerprint density at radius 2 is 1.73 bits per heavy atom. The third kappa shape index (κ3) is 3.88. The second kappa shape index (κ2) is 7.26. The smallest absolute Gasteiger partial charge is 0.298 e. The Kier molecular flexibility index (Phi) is 6.16. The van der Waals surface area contributed by atoms with Crippen molar-refractivity contribution < 1.29 is 27.6 Å². The average Bonchev–Trinajstić information content (AvgIpc) is 2.45. The van der Waals surface area contributed by atoms with Gasteiger partial charge in [-0.05, 0) is 6.07 Å². The van der Waals surface area contributed by atoms with E-state index >= 15 is 0 Å². The maximum Gasteiger partial charge on any atom is 0.298 e. The summed E-state index contributed by atoms with van der Waals surface area (Å²) in [5.74, 6) is -1.26. The van der Waals surface area contributed by atoms with Crippen molar-refractivity contribution in [3.8, 4) is 11.5 Å². The van der Waals surface area contributed by atoms with Gasteiger partial charge in [-0.1, -0.05) is 30.3 Å². The molecule has 0 aliphatic carbocycles. The summed E-state index contributed by atoms with van der Waals surface area (Å²) < 4.78 is 36.6. The van der Waals surface area contributed by atoms with Crippen LogP contribution in [0.2, 0.25) is 0 Å². The van der Waals surface area contributed by atoms with Gasteiger partial charge in [0.1, 0.15) is 16.4 Å². The third-order valence-corrected chi connectivity index (χ3v) is 3.72. The summed E-state index contributed by atoms with van der Waals surface area (Å²) in [6.07, 6.45) is 0. The Bertz CT molecular complexity index is 786. The number of hydrogen-bond acceptors (Lipinski definition) is 5. The number of methoxy groups -OCH3 is 1. The fourth-order valence-electron chi connectivity index (χ4n) is 1.84. The maximum atomic E-state index is 12.3. The van der Waals surface area contributed by atoms with E-state index in [0.29, 0.717) is 0 Å². The van der Waals surface area contributed by atoms with Gasteiger partial charge in [-0.15, -0.1) is 0 Å². The number of benzene rings is 2. The molecule has 0 atom stereocenters. The molecule has 2 aromatic rings. The first kappa shape index (κ1) is 18.7. The first-order chi connectivity index (χ1) is 9.84. The second-order valence-corrected chi connectivity index (χ2v) is 5.58. The Morgan fingerprint density at radius 1 is 1.14 bits per heavy atom. The molecule has 2 rings (SSSR count). The zero-order valence-electron chi connectivity index (χ0n) is 12.0. The molecule has 0 aliphatic heterocycles. The van der Waals surface area contributed by atoms with E-state index in [1.165, 1.54) is 19.2 Å². The quantitative estimate of drug-likeness (QED) is 0.500. The second-order valence-electron chi connectivity index (χ2n) is 4.19. The number of ketones is 1. The van der Waals surface area contributed by atoms with Gasteiger partial charge in [0, 0.05) is 41.2 Å². The summed E-state index contributed by atoms with van der Waals surface area (Å²) in [7, 11) is -3.41. The Morgan fingerprint density at radius 3 is 2.23 bits per heavy atom. The molecule has 0 saturated carbocycles. The molecular formula is C14H12NaO6S. The average molecular weight is 331 g/mol. The number of carbonyl (C=O) groups excluding carboxylic acids is 1. The molecule has 2 N–H and O–H groups in total. The minimum atomic E-state index is -4.59. The minimum absolute atomic E-state index is 0. The van der Waals surface area contributed by atoms with Gasteiger partial charge in [-0.25, -0.2) is 0 Å². The number of phenolic OH excluding ortho intramolecular Hbond substituents is 1. The van der Waals surface area contributed by atoms with E-state index in [4.69, 9.17) is 9.29 Å². The monoisotopic (exact) mass is 331 g/mol. The molecular weight excluding hydrogens is 319 g/mol. The summed E-state index contributed by atoms with van der Waals surface area (Å²) in [6.45, 7) is 0. The molecule has 0 amide bonds. The topological polar surface area (TPSA) is 101 Å². The van der Waals surface area contributed by atoms with Crippen molar-refractivity contribution >= 4 is 45.5 Å². The molecule has 0 bridgehead atoms. The summed E-state index contributed by atoms with van der Waals surface area (Å²) in [6, 6.07) is 9.90. The van der Waals surface area contributed by atoms with E-state index in [9.17, 15) is 18.3 Å². The first-order valence-corrected chi connectivity index (χ1v) is 7.27. The molecule has 0 unspecified atom stereocenters. The van der Waals surface area contributed by atoms with Gasteiger partial charge in [0.2, 0.25) is 0 Å². The van der Waals surface area contributed by atoms with E-state index in [2.05, 4.69) is 0 Å². The van der Waals surface area contributed by atoms with E-state index in [0.717, 1.165) is 12.1 Å². The zero-order valence-corrected chi connectivity index (χ0v) is 14.8. The van der Waals surface area contributed by atoms with Crippen molar-refractivity contribution in [1.82, 2.24) is 0 Å². The maximum absolute atomic E-state index is 12.3. The van der Waals surface area contributed by atoms with Crippen LogP contribution in [0.3, 0.4) is 0 Å². The fraction of sp³-hybridized carbons (Fsp3) is 0.0714. The van der Waals surface area contributed by atoms with Gasteiger partial charge in [0.25, 0.3) is 10.1 Å². The van der Waals surface area contributed by atoms with Crippen molar-refractivity contribution in [3.05, 3.63) is 53.6 Å². The van der Waals surface area contributed by atoms with Gasteiger partial charge < -0.3 is 9.84 Å². The van der Waals surface area contributed by atoms with E-state index in [1.807, 2.05) is 0 Å². The predicted octanol–water partition coefficient (Wildman–Crippen LogP) is 1.50. The van der Waals surface area contributed by atoms with Crippen LogP contribution in [0.25, 0.3) is 0 Å². The molecule has 0 fully saturated rings. The van der Waals surface area contributed by atoms with Crippen molar-refractivity contribution in [2.75, 3.05) is 7.11 Å². The van der Waals surface area contributed by atoms with Crippen LogP contribution in [0.4, 0.5) is 0 Å². The standard InChI is InChI=1S/C14H12O6S.Na/c1-20-12-8-11(15)10(7-13(12)21(17,18)19)14(16)9-5-3-2-4-6-9;/h2-8,15H,1H3,(H,17,18,19);. The normalized spacial score (nSPS) is 10.6. The van der Waals surface area contributed by atoms with E-state index in [1.54, 1.807) is 18.2 Å². The van der Waals surface area contributed by atoms with E-state index < -0.39 is 26.5 Å². The summed E-state index contributed by atoms with van der Waals surface area (Å²) in [5.41, 5.74) is 0.0360. The van der Waals surface area contributed by atoms with Gasteiger partial charge in [0.15, 0.2) is 5.78 Å². The number of rotatable bonds is 4. The van der Waals surface area contributed by atoms with Crippen molar-refractivity contribution in [3.63, 3.8) is 0 Å². The number of phenols is 1. The summed E-state index contributed by atoms with van der Waals surface area (Å²) in [4.78, 5) is 11.7. The van der Waals surface area contributed by atoms with Gasteiger partial charge in [0.05, 0.1) is 12.7 Å². The van der Waals surface area contributed by atoms with Crippen LogP contribution in [0.5, 0.6) is 11.5 Å². The van der Waals surface area contributed by atoms with Crippen molar-refractivity contribution in [1.29, 1.82) is 0 Å². The van der Waals surface area contributed by atoms with Crippen LogP contribution >= 0.6 is 0 Å². The molecule has 0 spiro atoms. The van der Waals surface area contributed by atoms with Crippen LogP contribution in [-0.4, -0.2) is 60.5 Å². The number of ether oxygens (including phenoxy) is 1. The van der Waals surface area contributed by atoms with Crippen LogP contribution in [0, 0.1) is 0 Å². The van der Waals surface area contributed by atoms with Gasteiger partial charge >= 0.3 is 0 Å². The predicted molar refractivity (Wildman–Crippen MR) is 80.1 cm³/mol. The summed E-state index contributed by atoms with van der Waals surface area (Å²) in [5, 5.41) is 9.87. The largest absolute Gasteiger partial charge is 0.507 e. The molecule has 22 heavy (non-hydrogen) atoms. The van der Waals surface area contributed by atoms with E-state index in [-0.39, 0.29) is 46.4 Å². The molecule has 0 aliphatic rings. The molecule has 2 aromatic carbocycles. The van der Waals surface area contributed by atoms with Crippen LogP contribution in [0.1, 0.15) is 15.9 Å². The fourth-order valence-corrected chi connectivity index (χ4v) is 2.50. The molecule has 0 aromatic heterocycles. The van der Waals surface area contributed by atoms with Crippen LogP contribution < -0.4 is 4.74 Å². The zero-order chi connectivity index (χ0) is 15.6. The number of carbonyl (C=O) groups is 1. The SMILES string of the molecule is COc1cc(O)c(C(=O)c2ccccc2)cc1S(=O)(=O)O.[Na]. The van der Waals surface area contributed by atoms with Gasteiger partial charge in [-0.2, -0.15) is 8.42 Å². The molecule has 111 valence electrons. The van der Waals surface area contributed by atoms with Crippen molar-refractivity contribution in [2.45, 2.75) is 4.90 Å². The minimum Gasteiger partial charge on any atom is -0.507 e. The van der Waals surface area contributed by atoms with Crippen LogP contribution in [0.15, 0.2) is 47.4 Å². The van der Waals surface area contributed by atoms with Crippen LogP contribution in [-0.2, 0) is 10.1 Å². The summed E-state index contributed by atoms with van der Waals surface area (Å²) >= 11 is 0. The number of hydrogen-bond donors (Lipinski definition) is 2. The molecule has 0 saturated heterocycles. The Balaban J connectivity index is 0.00000242. The van der Waals surface area contributed by atoms with Gasteiger partial charge in [-0.3, -0.25) is 9.35 Å². The first-order valence-electron chi connectivity index (χ1n) is 5.83. The molecule has 1 radical (unpaired) electrons. The molecule has 6 nitrogen and oxygen atoms in total. The van der Waals surface area contributed by atoms with Crippen molar-refractivity contribution in [2.24, 2.45) is 0 Å². The number of aromatic hydroxyl groups is 1. The molecule has 8 heteroatoms. The Hall–Kier alpha value is -1.38. The third-order valence-electron chi connectivity index (χ3n) is 2.84. The Labute approximate surface area is 149 Å². The molecule has 0 heterocycles.